The summed E-state index contributed by atoms with van der Waals surface area (Å²) in [7, 11) is -3.31. The van der Waals surface area contributed by atoms with E-state index < -0.39 is 21.3 Å². The van der Waals surface area contributed by atoms with Crippen molar-refractivity contribution in [1.82, 2.24) is 0 Å². The summed E-state index contributed by atoms with van der Waals surface area (Å²) in [6.45, 7) is 1.93. The molecule has 2 rings (SSSR count). The smallest absolute Gasteiger partial charge is 0.330 e. The summed E-state index contributed by atoms with van der Waals surface area (Å²) >= 11 is 0. The molecule has 0 saturated carbocycles. The number of hydrogen-bond acceptors (Lipinski definition) is 4. The summed E-state index contributed by atoms with van der Waals surface area (Å²) in [5, 5.41) is 12.3. The first-order chi connectivity index (χ1) is 8.83. The van der Waals surface area contributed by atoms with Gasteiger partial charge in [-0.3, -0.25) is 0 Å². The summed E-state index contributed by atoms with van der Waals surface area (Å²) in [6.07, 6.45) is 0.683. The molecule has 1 saturated heterocycles. The van der Waals surface area contributed by atoms with Crippen LogP contribution in [-0.2, 0) is 14.6 Å². The number of benzene rings is 1. The zero-order valence-electron chi connectivity index (χ0n) is 10.7. The van der Waals surface area contributed by atoms with Crippen LogP contribution in [0.1, 0.15) is 18.4 Å². The molecule has 1 unspecified atom stereocenters. The van der Waals surface area contributed by atoms with Crippen molar-refractivity contribution >= 4 is 21.5 Å². The van der Waals surface area contributed by atoms with E-state index in [4.69, 9.17) is 0 Å². The van der Waals surface area contributed by atoms with Crippen LogP contribution in [0.5, 0.6) is 0 Å². The van der Waals surface area contributed by atoms with E-state index in [1.54, 1.807) is 12.1 Å². The molecule has 1 aromatic carbocycles. The molecule has 0 bridgehead atoms. The molecule has 0 aliphatic carbocycles. The molecule has 0 amide bonds. The lowest BCUT2D eigenvalue weighted by Crippen LogP contribution is -2.54. The Morgan fingerprint density at radius 2 is 1.95 bits per heavy atom. The van der Waals surface area contributed by atoms with Crippen LogP contribution in [0.15, 0.2) is 24.3 Å². The molecule has 5 nitrogen and oxygen atoms in total. The van der Waals surface area contributed by atoms with Crippen molar-refractivity contribution in [3.63, 3.8) is 0 Å². The first-order valence-electron chi connectivity index (χ1n) is 6.12. The Balaban J connectivity index is 2.30. The first-order valence-corrected chi connectivity index (χ1v) is 7.94. The molecule has 6 heteroatoms. The molecule has 0 aromatic heterocycles. The van der Waals surface area contributed by atoms with Crippen molar-refractivity contribution in [1.29, 1.82) is 0 Å². The summed E-state index contributed by atoms with van der Waals surface area (Å²) in [6, 6.07) is 7.24. The van der Waals surface area contributed by atoms with Crippen LogP contribution in [0.4, 0.5) is 5.69 Å². The van der Waals surface area contributed by atoms with Gasteiger partial charge in [0.25, 0.3) is 0 Å². The quantitative estimate of drug-likeness (QED) is 0.877. The molecule has 1 fully saturated rings. The van der Waals surface area contributed by atoms with Crippen molar-refractivity contribution in [2.75, 3.05) is 16.8 Å². The second-order valence-corrected chi connectivity index (χ2v) is 7.26. The SMILES string of the molecule is Cc1ccc(NC2(C(=O)O)CCCS(=O)(=O)C2)cc1. The minimum Gasteiger partial charge on any atom is -0.479 e. The lowest BCUT2D eigenvalue weighted by atomic mass is 9.95. The van der Waals surface area contributed by atoms with Crippen LogP contribution in [0.2, 0.25) is 0 Å². The van der Waals surface area contributed by atoms with Gasteiger partial charge in [0.2, 0.25) is 0 Å². The van der Waals surface area contributed by atoms with Crippen LogP contribution in [-0.4, -0.2) is 36.5 Å². The topological polar surface area (TPSA) is 83.5 Å². The fourth-order valence-corrected chi connectivity index (χ4v) is 4.17. The normalized spacial score (nSPS) is 25.7. The van der Waals surface area contributed by atoms with E-state index in [1.165, 1.54) is 0 Å². The maximum absolute atomic E-state index is 11.7. The second-order valence-electron chi connectivity index (χ2n) is 5.07. The molecule has 1 heterocycles. The van der Waals surface area contributed by atoms with E-state index in [-0.39, 0.29) is 11.5 Å². The van der Waals surface area contributed by atoms with Crippen molar-refractivity contribution < 1.29 is 18.3 Å². The first kappa shape index (κ1) is 13.9. The van der Waals surface area contributed by atoms with Crippen molar-refractivity contribution in [2.45, 2.75) is 25.3 Å². The predicted octanol–water partition coefficient (Wildman–Crippen LogP) is 1.44. The minimum absolute atomic E-state index is 0.0671. The predicted molar refractivity (Wildman–Crippen MR) is 73.1 cm³/mol. The highest BCUT2D eigenvalue weighted by molar-refractivity contribution is 7.91. The number of carboxylic acids is 1. The number of rotatable bonds is 3. The van der Waals surface area contributed by atoms with Gasteiger partial charge in [0.05, 0.1) is 11.5 Å². The van der Waals surface area contributed by atoms with Crippen LogP contribution in [0.25, 0.3) is 0 Å². The molecule has 1 aliphatic rings. The van der Waals surface area contributed by atoms with Gasteiger partial charge in [-0.15, -0.1) is 0 Å². The highest BCUT2D eigenvalue weighted by atomic mass is 32.2. The largest absolute Gasteiger partial charge is 0.479 e. The average molecular weight is 283 g/mol. The third-order valence-corrected chi connectivity index (χ3v) is 5.21. The number of carbonyl (C=O) groups is 1. The van der Waals surface area contributed by atoms with Crippen LogP contribution in [0.3, 0.4) is 0 Å². The van der Waals surface area contributed by atoms with E-state index in [0.29, 0.717) is 18.5 Å². The van der Waals surface area contributed by atoms with Gasteiger partial charge in [0.15, 0.2) is 9.84 Å². The number of anilines is 1. The molecular formula is C13H17NO4S. The lowest BCUT2D eigenvalue weighted by Gasteiger charge is -2.34. The number of aliphatic carboxylic acids is 1. The summed E-state index contributed by atoms with van der Waals surface area (Å²) in [4.78, 5) is 11.5. The number of hydrogen-bond donors (Lipinski definition) is 2. The molecule has 0 spiro atoms. The van der Waals surface area contributed by atoms with Crippen molar-refractivity contribution in [3.8, 4) is 0 Å². The molecule has 1 aliphatic heterocycles. The fraction of sp³-hybridized carbons (Fsp3) is 0.462. The monoisotopic (exact) mass is 283 g/mol. The van der Waals surface area contributed by atoms with E-state index in [9.17, 15) is 18.3 Å². The number of aryl methyl sites for hydroxylation is 1. The average Bonchev–Trinajstić information content (AvgIpc) is 2.31. The maximum Gasteiger partial charge on any atom is 0.330 e. The zero-order valence-corrected chi connectivity index (χ0v) is 11.5. The van der Waals surface area contributed by atoms with Gasteiger partial charge in [0, 0.05) is 5.69 Å². The molecule has 0 radical (unpaired) electrons. The third-order valence-electron chi connectivity index (χ3n) is 3.37. The van der Waals surface area contributed by atoms with E-state index in [2.05, 4.69) is 5.32 Å². The van der Waals surface area contributed by atoms with E-state index in [1.807, 2.05) is 19.1 Å². The lowest BCUT2D eigenvalue weighted by molar-refractivity contribution is -0.141. The van der Waals surface area contributed by atoms with E-state index in [0.717, 1.165) is 5.56 Å². The maximum atomic E-state index is 11.7. The minimum atomic E-state index is -3.31. The van der Waals surface area contributed by atoms with Crippen LogP contribution >= 0.6 is 0 Å². The van der Waals surface area contributed by atoms with Crippen LogP contribution < -0.4 is 5.32 Å². The summed E-state index contributed by atoms with van der Waals surface area (Å²) in [5.41, 5.74) is 0.281. The van der Waals surface area contributed by atoms with Gasteiger partial charge in [-0.25, -0.2) is 13.2 Å². The Hall–Kier alpha value is -1.56. The standard InChI is InChI=1S/C13H17NO4S/c1-10-3-5-11(6-4-10)14-13(12(15)16)7-2-8-19(17,18)9-13/h3-6,14H,2,7-9H2,1H3,(H,15,16). The summed E-state index contributed by atoms with van der Waals surface area (Å²) in [5.74, 6) is -1.41. The number of nitrogens with one attached hydrogen (secondary N) is 1. The molecule has 1 atom stereocenters. The Labute approximate surface area is 112 Å². The Morgan fingerprint density at radius 3 is 2.47 bits per heavy atom. The Bertz CT molecular complexity index is 579. The Kier molecular flexibility index (Phi) is 3.54. The molecule has 19 heavy (non-hydrogen) atoms. The van der Waals surface area contributed by atoms with Gasteiger partial charge in [0.1, 0.15) is 5.54 Å². The number of carboxylic acid groups (broad SMARTS) is 1. The summed E-state index contributed by atoms with van der Waals surface area (Å²) < 4.78 is 23.4. The fourth-order valence-electron chi connectivity index (χ4n) is 2.35. The van der Waals surface area contributed by atoms with Gasteiger partial charge >= 0.3 is 5.97 Å². The molecule has 2 N–H and O–H groups in total. The zero-order chi connectivity index (χ0) is 14.1. The van der Waals surface area contributed by atoms with Gasteiger partial charge in [-0.1, -0.05) is 17.7 Å². The van der Waals surface area contributed by atoms with Gasteiger partial charge in [-0.2, -0.15) is 0 Å². The van der Waals surface area contributed by atoms with Gasteiger partial charge < -0.3 is 10.4 Å². The second kappa shape index (κ2) is 4.85. The van der Waals surface area contributed by atoms with Crippen molar-refractivity contribution in [2.24, 2.45) is 0 Å². The molecular weight excluding hydrogens is 266 g/mol. The highest BCUT2D eigenvalue weighted by Crippen LogP contribution is 2.28. The molecule has 104 valence electrons. The number of sulfone groups is 1. The van der Waals surface area contributed by atoms with Crippen LogP contribution in [0, 0.1) is 6.92 Å². The van der Waals surface area contributed by atoms with Gasteiger partial charge in [-0.05, 0) is 31.9 Å². The van der Waals surface area contributed by atoms with Crippen molar-refractivity contribution in [3.05, 3.63) is 29.8 Å². The van der Waals surface area contributed by atoms with E-state index >= 15 is 0 Å². The molecule has 1 aromatic rings. The highest BCUT2D eigenvalue weighted by Gasteiger charge is 2.45. The third kappa shape index (κ3) is 3.07. The Morgan fingerprint density at radius 1 is 1.32 bits per heavy atom.